The highest BCUT2D eigenvalue weighted by molar-refractivity contribution is 7.21. The van der Waals surface area contributed by atoms with E-state index in [2.05, 4.69) is 21.9 Å². The van der Waals surface area contributed by atoms with Crippen molar-refractivity contribution in [1.82, 2.24) is 9.97 Å². The highest BCUT2D eigenvalue weighted by Gasteiger charge is 2.25. The fraction of sp³-hybridized carbons (Fsp3) is 0.176. The molecule has 122 valence electrons. The molecule has 0 unspecified atom stereocenters. The number of hydrogen-bond acceptors (Lipinski definition) is 6. The number of pyridine rings is 1. The Morgan fingerprint density at radius 3 is 2.88 bits per heavy atom. The summed E-state index contributed by atoms with van der Waals surface area (Å²) in [5, 5.41) is 4.01. The lowest BCUT2D eigenvalue weighted by atomic mass is 10.3. The Hall–Kier alpha value is -2.67. The van der Waals surface area contributed by atoms with Crippen LogP contribution < -0.4 is 15.8 Å². The Kier molecular flexibility index (Phi) is 3.57. The number of halogens is 1. The molecule has 1 fully saturated rings. The predicted octanol–water partition coefficient (Wildman–Crippen LogP) is 4.54. The van der Waals surface area contributed by atoms with E-state index in [-0.39, 0.29) is 5.69 Å². The van der Waals surface area contributed by atoms with Gasteiger partial charge in [-0.2, -0.15) is 0 Å². The standard InChI is InChI=1S/C17H15FN4OS/c1-9(10-2-3-10)20-17-21-14-6-7-15(22-16(14)24-17)23-11-4-5-13(19)12(18)8-11/h4-8,10H,1-3,19H2,(H,20,21). The molecule has 3 N–H and O–H groups in total. The number of anilines is 2. The van der Waals surface area contributed by atoms with Crippen LogP contribution in [0.3, 0.4) is 0 Å². The second-order valence-corrected chi connectivity index (χ2v) is 6.68. The Labute approximate surface area is 142 Å². The fourth-order valence-electron chi connectivity index (χ4n) is 2.27. The SMILES string of the molecule is C=C(Nc1nc2ccc(Oc3ccc(N)c(F)c3)nc2s1)C1CC1. The summed E-state index contributed by atoms with van der Waals surface area (Å²) in [5.74, 6) is 0.766. The molecule has 0 aliphatic heterocycles. The summed E-state index contributed by atoms with van der Waals surface area (Å²) in [6, 6.07) is 7.83. The van der Waals surface area contributed by atoms with Gasteiger partial charge in [-0.25, -0.2) is 14.4 Å². The zero-order valence-electron chi connectivity index (χ0n) is 12.8. The van der Waals surface area contributed by atoms with Crippen LogP contribution in [-0.4, -0.2) is 9.97 Å². The molecule has 0 atom stereocenters. The van der Waals surface area contributed by atoms with Crippen molar-refractivity contribution in [2.24, 2.45) is 5.92 Å². The average Bonchev–Trinajstić information content (AvgIpc) is 3.32. The number of fused-ring (bicyclic) bond motifs is 1. The quantitative estimate of drug-likeness (QED) is 0.666. The molecule has 4 rings (SSSR count). The molecule has 1 aromatic carbocycles. The van der Waals surface area contributed by atoms with Crippen LogP contribution in [0.5, 0.6) is 11.6 Å². The molecule has 0 saturated heterocycles. The molecule has 2 aromatic heterocycles. The summed E-state index contributed by atoms with van der Waals surface area (Å²) in [5.41, 5.74) is 7.32. The molecule has 0 bridgehead atoms. The van der Waals surface area contributed by atoms with Gasteiger partial charge in [-0.1, -0.05) is 17.9 Å². The first kappa shape index (κ1) is 14.9. The molecule has 1 saturated carbocycles. The number of aromatic nitrogens is 2. The lowest BCUT2D eigenvalue weighted by Gasteiger charge is -2.05. The van der Waals surface area contributed by atoms with Crippen LogP contribution in [0.2, 0.25) is 0 Å². The van der Waals surface area contributed by atoms with Gasteiger partial charge in [0.2, 0.25) is 5.88 Å². The third kappa shape index (κ3) is 3.03. The summed E-state index contributed by atoms with van der Waals surface area (Å²) < 4.78 is 19.1. The van der Waals surface area contributed by atoms with Gasteiger partial charge in [-0.05, 0) is 37.0 Å². The molecule has 0 spiro atoms. The number of benzene rings is 1. The van der Waals surface area contributed by atoms with Crippen LogP contribution in [0.1, 0.15) is 12.8 Å². The Morgan fingerprint density at radius 2 is 2.12 bits per heavy atom. The van der Waals surface area contributed by atoms with Crippen molar-refractivity contribution in [2.45, 2.75) is 12.8 Å². The smallest absolute Gasteiger partial charge is 0.220 e. The van der Waals surface area contributed by atoms with Gasteiger partial charge >= 0.3 is 0 Å². The van der Waals surface area contributed by atoms with Crippen molar-refractivity contribution < 1.29 is 9.13 Å². The monoisotopic (exact) mass is 342 g/mol. The van der Waals surface area contributed by atoms with E-state index in [1.807, 2.05) is 6.07 Å². The van der Waals surface area contributed by atoms with Gasteiger partial charge in [0.1, 0.15) is 21.9 Å². The minimum Gasteiger partial charge on any atom is -0.439 e. The predicted molar refractivity (Wildman–Crippen MR) is 93.8 cm³/mol. The van der Waals surface area contributed by atoms with Gasteiger partial charge in [-0.15, -0.1) is 0 Å². The van der Waals surface area contributed by atoms with Crippen LogP contribution in [0.4, 0.5) is 15.2 Å². The number of allylic oxidation sites excluding steroid dienone is 1. The molecular formula is C17H15FN4OS. The molecule has 0 amide bonds. The first-order valence-electron chi connectivity index (χ1n) is 7.55. The van der Waals surface area contributed by atoms with Crippen LogP contribution in [0.15, 0.2) is 42.6 Å². The second-order valence-electron chi connectivity index (χ2n) is 5.70. The maximum atomic E-state index is 13.5. The molecule has 0 radical (unpaired) electrons. The van der Waals surface area contributed by atoms with Gasteiger partial charge < -0.3 is 15.8 Å². The van der Waals surface area contributed by atoms with Crippen molar-refractivity contribution in [3.63, 3.8) is 0 Å². The van der Waals surface area contributed by atoms with Gasteiger partial charge in [0.15, 0.2) is 5.13 Å². The largest absolute Gasteiger partial charge is 0.439 e. The number of nitrogen functional groups attached to an aromatic ring is 1. The Balaban J connectivity index is 1.55. The molecule has 1 aliphatic carbocycles. The highest BCUT2D eigenvalue weighted by atomic mass is 32.1. The minimum atomic E-state index is -0.517. The first-order chi connectivity index (χ1) is 11.6. The number of rotatable bonds is 5. The molecule has 24 heavy (non-hydrogen) atoms. The van der Waals surface area contributed by atoms with Gasteiger partial charge in [-0.3, -0.25) is 0 Å². The summed E-state index contributed by atoms with van der Waals surface area (Å²) >= 11 is 1.43. The topological polar surface area (TPSA) is 73.1 Å². The van der Waals surface area contributed by atoms with E-state index in [4.69, 9.17) is 10.5 Å². The molecule has 3 aromatic rings. The van der Waals surface area contributed by atoms with E-state index in [9.17, 15) is 4.39 Å². The van der Waals surface area contributed by atoms with Crippen molar-refractivity contribution in [3.05, 3.63) is 48.4 Å². The number of nitrogens with two attached hydrogens (primary N) is 1. The Bertz CT molecular complexity index is 935. The van der Waals surface area contributed by atoms with E-state index < -0.39 is 5.82 Å². The second kappa shape index (κ2) is 5.76. The van der Waals surface area contributed by atoms with E-state index in [0.717, 1.165) is 21.2 Å². The molecule has 5 nitrogen and oxygen atoms in total. The molecule has 7 heteroatoms. The van der Waals surface area contributed by atoms with Gasteiger partial charge in [0, 0.05) is 17.8 Å². The number of nitrogens with zero attached hydrogens (tertiary/aromatic N) is 2. The zero-order valence-corrected chi connectivity index (χ0v) is 13.6. The van der Waals surface area contributed by atoms with Crippen LogP contribution in [0, 0.1) is 11.7 Å². The number of hydrogen-bond donors (Lipinski definition) is 2. The minimum absolute atomic E-state index is 0.0832. The number of nitrogens with one attached hydrogen (secondary N) is 1. The lowest BCUT2D eigenvalue weighted by Crippen LogP contribution is -1.98. The van der Waals surface area contributed by atoms with E-state index in [1.165, 1.54) is 36.3 Å². The number of ether oxygens (including phenoxy) is 1. The van der Waals surface area contributed by atoms with Crippen LogP contribution in [0.25, 0.3) is 10.3 Å². The normalized spacial score (nSPS) is 13.9. The average molecular weight is 342 g/mol. The maximum absolute atomic E-state index is 13.5. The van der Waals surface area contributed by atoms with Crippen LogP contribution >= 0.6 is 11.3 Å². The van der Waals surface area contributed by atoms with E-state index >= 15 is 0 Å². The Morgan fingerprint density at radius 1 is 1.29 bits per heavy atom. The third-order valence-corrected chi connectivity index (χ3v) is 4.64. The highest BCUT2D eigenvalue weighted by Crippen LogP contribution is 2.37. The summed E-state index contributed by atoms with van der Waals surface area (Å²) in [7, 11) is 0. The van der Waals surface area contributed by atoms with Crippen LogP contribution in [-0.2, 0) is 0 Å². The van der Waals surface area contributed by atoms with Crippen molar-refractivity contribution in [1.29, 1.82) is 0 Å². The summed E-state index contributed by atoms with van der Waals surface area (Å²) in [6.07, 6.45) is 2.37. The van der Waals surface area contributed by atoms with Crippen molar-refractivity contribution in [3.8, 4) is 11.6 Å². The lowest BCUT2D eigenvalue weighted by molar-refractivity contribution is 0.460. The number of thiazole rings is 1. The maximum Gasteiger partial charge on any atom is 0.220 e. The summed E-state index contributed by atoms with van der Waals surface area (Å²) in [4.78, 5) is 9.66. The molecular weight excluding hydrogens is 327 g/mol. The van der Waals surface area contributed by atoms with E-state index in [0.29, 0.717) is 17.5 Å². The van der Waals surface area contributed by atoms with Gasteiger partial charge in [0.05, 0.1) is 5.69 Å². The molecule has 2 heterocycles. The summed E-state index contributed by atoms with van der Waals surface area (Å²) in [6.45, 7) is 4.04. The van der Waals surface area contributed by atoms with E-state index in [1.54, 1.807) is 12.1 Å². The third-order valence-electron chi connectivity index (χ3n) is 3.76. The first-order valence-corrected chi connectivity index (χ1v) is 8.36. The van der Waals surface area contributed by atoms with Crippen molar-refractivity contribution in [2.75, 3.05) is 11.1 Å². The fourth-order valence-corrected chi connectivity index (χ4v) is 3.14. The zero-order chi connectivity index (χ0) is 16.7. The molecule has 1 aliphatic rings. The van der Waals surface area contributed by atoms with Crippen molar-refractivity contribution >= 4 is 32.5 Å². The van der Waals surface area contributed by atoms with Gasteiger partial charge in [0.25, 0.3) is 0 Å².